The van der Waals surface area contributed by atoms with Gasteiger partial charge in [-0.05, 0) is 24.3 Å². The van der Waals surface area contributed by atoms with E-state index in [-0.39, 0.29) is 47.5 Å². The minimum absolute atomic E-state index is 0.0304. The van der Waals surface area contributed by atoms with Crippen LogP contribution in [0.15, 0.2) is 47.4 Å². The molecule has 1 aliphatic heterocycles. The molecule has 0 spiro atoms. The topological polar surface area (TPSA) is 83.8 Å². The lowest BCUT2D eigenvalue weighted by Crippen LogP contribution is -2.48. The van der Waals surface area contributed by atoms with Gasteiger partial charge in [-0.15, -0.1) is 0 Å². The first kappa shape index (κ1) is 18.6. The molecule has 0 N–H and O–H groups in total. The average molecular weight is 400 g/mol. The Labute approximate surface area is 154 Å². The molecule has 138 valence electrons. The minimum Gasteiger partial charge on any atom is -0.363 e. The number of nitrogens with zero attached hydrogens (tertiary/aromatic N) is 3. The maximum Gasteiger partial charge on any atom is 0.295 e. The van der Waals surface area contributed by atoms with Crippen molar-refractivity contribution in [3.05, 3.63) is 63.4 Å². The summed E-state index contributed by atoms with van der Waals surface area (Å²) in [6, 6.07) is 9.54. The van der Waals surface area contributed by atoms with Crippen molar-refractivity contribution in [3.8, 4) is 0 Å². The van der Waals surface area contributed by atoms with Gasteiger partial charge >= 0.3 is 0 Å². The van der Waals surface area contributed by atoms with E-state index in [9.17, 15) is 22.9 Å². The molecule has 0 saturated carbocycles. The summed E-state index contributed by atoms with van der Waals surface area (Å²) < 4.78 is 40.1. The number of hydrogen-bond donors (Lipinski definition) is 0. The van der Waals surface area contributed by atoms with Gasteiger partial charge < -0.3 is 4.90 Å². The molecule has 0 amide bonds. The predicted octanol–water partition coefficient (Wildman–Crippen LogP) is 2.90. The van der Waals surface area contributed by atoms with Crippen molar-refractivity contribution in [1.29, 1.82) is 0 Å². The third kappa shape index (κ3) is 3.50. The van der Waals surface area contributed by atoms with E-state index in [4.69, 9.17) is 11.6 Å². The SMILES string of the molecule is O=[N+]([O-])c1cc(F)ccc1N1CCN(S(=O)(=O)c2ccccc2Cl)CC1. The van der Waals surface area contributed by atoms with Crippen LogP contribution in [0.2, 0.25) is 5.02 Å². The molecule has 10 heteroatoms. The van der Waals surface area contributed by atoms with E-state index in [1.807, 2.05) is 0 Å². The van der Waals surface area contributed by atoms with E-state index < -0.39 is 20.8 Å². The van der Waals surface area contributed by atoms with Crippen molar-refractivity contribution >= 4 is 33.0 Å². The summed E-state index contributed by atoms with van der Waals surface area (Å²) in [7, 11) is -3.75. The summed E-state index contributed by atoms with van der Waals surface area (Å²) in [6.07, 6.45) is 0. The second kappa shape index (κ2) is 7.18. The standard InChI is InChI=1S/C16H15ClFN3O4S/c17-13-3-1-2-4-16(13)26(24,25)20-9-7-19(8-10-20)14-6-5-12(18)11-15(14)21(22)23/h1-6,11H,7-10H2. The van der Waals surface area contributed by atoms with Crippen LogP contribution in [0.5, 0.6) is 0 Å². The first-order valence-electron chi connectivity index (χ1n) is 7.74. The number of sulfonamides is 1. The molecule has 26 heavy (non-hydrogen) atoms. The van der Waals surface area contributed by atoms with Gasteiger partial charge in [0, 0.05) is 26.2 Å². The Morgan fingerprint density at radius 2 is 1.73 bits per heavy atom. The summed E-state index contributed by atoms with van der Waals surface area (Å²) in [5, 5.41) is 11.3. The van der Waals surface area contributed by atoms with Crippen LogP contribution in [0.3, 0.4) is 0 Å². The Hall–Kier alpha value is -2.23. The summed E-state index contributed by atoms with van der Waals surface area (Å²) in [6.45, 7) is 0.774. The van der Waals surface area contributed by atoms with E-state index >= 15 is 0 Å². The number of nitro groups is 1. The lowest BCUT2D eigenvalue weighted by atomic mass is 10.2. The fourth-order valence-electron chi connectivity index (χ4n) is 2.87. The third-order valence-electron chi connectivity index (χ3n) is 4.17. The Bertz CT molecular complexity index is 946. The van der Waals surface area contributed by atoms with E-state index in [1.54, 1.807) is 17.0 Å². The molecule has 3 rings (SSSR count). The van der Waals surface area contributed by atoms with Gasteiger partial charge in [0.15, 0.2) is 0 Å². The highest BCUT2D eigenvalue weighted by molar-refractivity contribution is 7.89. The average Bonchev–Trinajstić information content (AvgIpc) is 2.62. The molecule has 2 aromatic carbocycles. The monoisotopic (exact) mass is 399 g/mol. The van der Waals surface area contributed by atoms with Crippen LogP contribution in [0.25, 0.3) is 0 Å². The van der Waals surface area contributed by atoms with Gasteiger partial charge in [-0.25, -0.2) is 12.8 Å². The molecular weight excluding hydrogens is 385 g/mol. The first-order chi connectivity index (χ1) is 12.3. The van der Waals surface area contributed by atoms with Crippen LogP contribution in [0.4, 0.5) is 15.8 Å². The Kier molecular flexibility index (Phi) is 5.12. The number of hydrogen-bond acceptors (Lipinski definition) is 5. The van der Waals surface area contributed by atoms with Gasteiger partial charge in [0.2, 0.25) is 10.0 Å². The molecule has 0 aliphatic carbocycles. The molecule has 0 radical (unpaired) electrons. The molecule has 1 fully saturated rings. The van der Waals surface area contributed by atoms with Gasteiger partial charge in [0.1, 0.15) is 16.4 Å². The largest absolute Gasteiger partial charge is 0.363 e. The Morgan fingerprint density at radius 1 is 1.08 bits per heavy atom. The van der Waals surface area contributed by atoms with Crippen LogP contribution in [-0.2, 0) is 10.0 Å². The molecule has 0 aromatic heterocycles. The fourth-order valence-corrected chi connectivity index (χ4v) is 4.79. The van der Waals surface area contributed by atoms with Gasteiger partial charge in [-0.1, -0.05) is 23.7 Å². The van der Waals surface area contributed by atoms with Gasteiger partial charge in [0.05, 0.1) is 16.0 Å². The molecule has 2 aromatic rings. The Balaban J connectivity index is 1.80. The lowest BCUT2D eigenvalue weighted by molar-refractivity contribution is -0.384. The second-order valence-corrected chi connectivity index (χ2v) is 8.03. The third-order valence-corrected chi connectivity index (χ3v) is 6.57. The van der Waals surface area contributed by atoms with E-state index in [2.05, 4.69) is 0 Å². The van der Waals surface area contributed by atoms with Gasteiger partial charge in [0.25, 0.3) is 5.69 Å². The summed E-state index contributed by atoms with van der Waals surface area (Å²) in [4.78, 5) is 12.2. The normalized spacial score (nSPS) is 15.8. The highest BCUT2D eigenvalue weighted by Gasteiger charge is 2.31. The van der Waals surface area contributed by atoms with Crippen molar-refractivity contribution in [2.75, 3.05) is 31.1 Å². The maximum atomic E-state index is 13.3. The molecule has 0 unspecified atom stereocenters. The number of anilines is 1. The number of piperazine rings is 1. The summed E-state index contributed by atoms with van der Waals surface area (Å²) in [5.74, 6) is -0.694. The predicted molar refractivity (Wildman–Crippen MR) is 95.5 cm³/mol. The van der Waals surface area contributed by atoms with Crippen molar-refractivity contribution in [2.24, 2.45) is 0 Å². The number of halogens is 2. The van der Waals surface area contributed by atoms with Crippen LogP contribution in [-0.4, -0.2) is 43.8 Å². The Morgan fingerprint density at radius 3 is 2.35 bits per heavy atom. The molecule has 0 bridgehead atoms. The second-order valence-electron chi connectivity index (χ2n) is 5.71. The van der Waals surface area contributed by atoms with E-state index in [0.717, 1.165) is 12.1 Å². The zero-order valence-electron chi connectivity index (χ0n) is 13.5. The molecule has 7 nitrogen and oxygen atoms in total. The summed E-state index contributed by atoms with van der Waals surface area (Å²) in [5.41, 5.74) is -0.0707. The van der Waals surface area contributed by atoms with Crippen LogP contribution in [0.1, 0.15) is 0 Å². The lowest BCUT2D eigenvalue weighted by Gasteiger charge is -2.35. The number of nitro benzene ring substituents is 1. The maximum absolute atomic E-state index is 13.3. The minimum atomic E-state index is -3.75. The number of rotatable bonds is 4. The highest BCUT2D eigenvalue weighted by atomic mass is 35.5. The summed E-state index contributed by atoms with van der Waals surface area (Å²) >= 11 is 6.00. The van der Waals surface area contributed by atoms with Crippen molar-refractivity contribution in [1.82, 2.24) is 4.31 Å². The molecule has 1 saturated heterocycles. The molecule has 0 atom stereocenters. The van der Waals surface area contributed by atoms with Crippen LogP contribution < -0.4 is 4.90 Å². The van der Waals surface area contributed by atoms with Crippen molar-refractivity contribution in [3.63, 3.8) is 0 Å². The van der Waals surface area contributed by atoms with Gasteiger partial charge in [-0.3, -0.25) is 10.1 Å². The smallest absolute Gasteiger partial charge is 0.295 e. The quantitative estimate of drug-likeness (QED) is 0.583. The van der Waals surface area contributed by atoms with Crippen molar-refractivity contribution in [2.45, 2.75) is 4.90 Å². The zero-order chi connectivity index (χ0) is 18.9. The van der Waals surface area contributed by atoms with E-state index in [1.165, 1.54) is 22.5 Å². The number of benzene rings is 2. The van der Waals surface area contributed by atoms with E-state index in [0.29, 0.717) is 0 Å². The molecule has 1 heterocycles. The zero-order valence-corrected chi connectivity index (χ0v) is 15.1. The molecule has 1 aliphatic rings. The fraction of sp³-hybridized carbons (Fsp3) is 0.250. The molecular formula is C16H15ClFN3O4S. The van der Waals surface area contributed by atoms with Gasteiger partial charge in [-0.2, -0.15) is 4.31 Å². The van der Waals surface area contributed by atoms with Crippen molar-refractivity contribution < 1.29 is 17.7 Å². The van der Waals surface area contributed by atoms with Crippen LogP contribution >= 0.6 is 11.6 Å². The van der Waals surface area contributed by atoms with Crippen LogP contribution in [0, 0.1) is 15.9 Å². The highest BCUT2D eigenvalue weighted by Crippen LogP contribution is 2.31. The first-order valence-corrected chi connectivity index (χ1v) is 9.56.